The number of nitrogens with one attached hydrogen (secondary N) is 1. The van der Waals surface area contributed by atoms with Crippen molar-refractivity contribution >= 4 is 40.0 Å². The number of ketones is 1. The number of aliphatic hydroxyl groups is 1. The van der Waals surface area contributed by atoms with Crippen LogP contribution in [0.15, 0.2) is 91.1 Å². The van der Waals surface area contributed by atoms with Gasteiger partial charge in [-0.15, -0.1) is 0 Å². The number of aliphatic hydroxyl groups excluding tert-OH is 1. The summed E-state index contributed by atoms with van der Waals surface area (Å²) in [6, 6.07) is 23.4. The maximum Gasteiger partial charge on any atom is 0.380 e. The number of carbonyl (C=O) groups excluding carboxylic acids is 2. The van der Waals surface area contributed by atoms with Crippen molar-refractivity contribution in [2.75, 3.05) is 0 Å². The maximum atomic E-state index is 12.6. The number of H-pyrrole nitrogens is 1. The largest absolute Gasteiger partial charge is 0.507 e. The fraction of sp³-hybridized carbons (Fsp3) is 0.0400. The summed E-state index contributed by atoms with van der Waals surface area (Å²) in [5.74, 6) is -2.39. The molecule has 5 nitrogen and oxygen atoms in total. The molecular formula is C25H18ClNO4. The summed E-state index contributed by atoms with van der Waals surface area (Å²) in [7, 11) is 0. The maximum absolute atomic E-state index is 12.6. The van der Waals surface area contributed by atoms with Gasteiger partial charge in [-0.25, -0.2) is 4.79 Å². The van der Waals surface area contributed by atoms with Gasteiger partial charge < -0.3 is 14.8 Å². The van der Waals surface area contributed by atoms with Crippen LogP contribution < -0.4 is 0 Å². The Balaban J connectivity index is 1.59. The zero-order valence-electron chi connectivity index (χ0n) is 16.3. The Morgan fingerprint density at radius 1 is 0.935 bits per heavy atom. The van der Waals surface area contributed by atoms with E-state index in [1.807, 2.05) is 60.7 Å². The summed E-state index contributed by atoms with van der Waals surface area (Å²) in [5.41, 5.74) is 2.56. The molecule has 0 saturated carbocycles. The molecule has 0 radical (unpaired) electrons. The molecule has 3 aromatic carbocycles. The van der Waals surface area contributed by atoms with E-state index in [0.29, 0.717) is 16.0 Å². The lowest BCUT2D eigenvalue weighted by Crippen LogP contribution is -2.19. The standard InChI is InChI=1S/C25H18ClNO4/c26-18-11-12-21-19(13-18)20(15-27-21)22(28)14-23(29)25(30)31-24(16-7-3-1-4-8-16)17-9-5-2-6-10-17/h1-15,24,27-28H. The Hall–Kier alpha value is -3.83. The van der Waals surface area contributed by atoms with E-state index < -0.39 is 17.9 Å². The second-order valence-electron chi connectivity index (χ2n) is 6.89. The highest BCUT2D eigenvalue weighted by Crippen LogP contribution is 2.28. The summed E-state index contributed by atoms with van der Waals surface area (Å²) in [6.07, 6.45) is 1.66. The van der Waals surface area contributed by atoms with E-state index in [2.05, 4.69) is 4.98 Å². The number of hydrogen-bond acceptors (Lipinski definition) is 4. The van der Waals surface area contributed by atoms with Crippen LogP contribution >= 0.6 is 11.6 Å². The third-order valence-corrected chi connectivity index (χ3v) is 5.05. The lowest BCUT2D eigenvalue weighted by molar-refractivity contribution is -0.154. The van der Waals surface area contributed by atoms with Crippen LogP contribution in [0.3, 0.4) is 0 Å². The van der Waals surface area contributed by atoms with E-state index in [1.165, 1.54) is 0 Å². The van der Waals surface area contributed by atoms with E-state index in [-0.39, 0.29) is 5.76 Å². The molecule has 6 heteroatoms. The summed E-state index contributed by atoms with van der Waals surface area (Å²) in [4.78, 5) is 28.1. The van der Waals surface area contributed by atoms with E-state index in [1.54, 1.807) is 24.4 Å². The van der Waals surface area contributed by atoms with Crippen molar-refractivity contribution in [2.45, 2.75) is 6.10 Å². The molecule has 0 bridgehead atoms. The first kappa shape index (κ1) is 20.4. The Morgan fingerprint density at radius 2 is 1.55 bits per heavy atom. The Morgan fingerprint density at radius 3 is 2.16 bits per heavy atom. The van der Waals surface area contributed by atoms with Crippen molar-refractivity contribution in [1.82, 2.24) is 4.98 Å². The van der Waals surface area contributed by atoms with Crippen LogP contribution in [0.5, 0.6) is 0 Å². The lowest BCUT2D eigenvalue weighted by Gasteiger charge is -2.18. The van der Waals surface area contributed by atoms with Crippen LogP contribution in [0.4, 0.5) is 0 Å². The Bertz CT molecular complexity index is 1220. The van der Waals surface area contributed by atoms with Gasteiger partial charge in [-0.05, 0) is 29.3 Å². The summed E-state index contributed by atoms with van der Waals surface area (Å²) in [6.45, 7) is 0. The van der Waals surface area contributed by atoms with Gasteiger partial charge in [0.15, 0.2) is 6.10 Å². The SMILES string of the molecule is O=C(C=C(O)c1c[nH]c2ccc(Cl)cc12)C(=O)OC(c1ccccc1)c1ccccc1. The Labute approximate surface area is 183 Å². The molecular weight excluding hydrogens is 414 g/mol. The highest BCUT2D eigenvalue weighted by molar-refractivity contribution is 6.39. The third kappa shape index (κ3) is 4.52. The highest BCUT2D eigenvalue weighted by atomic mass is 35.5. The number of halogens is 1. The van der Waals surface area contributed by atoms with Gasteiger partial charge >= 0.3 is 5.97 Å². The lowest BCUT2D eigenvalue weighted by atomic mass is 10.0. The average molecular weight is 432 g/mol. The summed E-state index contributed by atoms with van der Waals surface area (Å²) >= 11 is 6.03. The van der Waals surface area contributed by atoms with Gasteiger partial charge in [0.25, 0.3) is 5.78 Å². The average Bonchev–Trinajstić information content (AvgIpc) is 3.21. The van der Waals surface area contributed by atoms with Gasteiger partial charge in [0, 0.05) is 33.8 Å². The van der Waals surface area contributed by atoms with Crippen LogP contribution in [0.2, 0.25) is 5.02 Å². The molecule has 31 heavy (non-hydrogen) atoms. The smallest absolute Gasteiger partial charge is 0.380 e. The number of esters is 1. The van der Waals surface area contributed by atoms with Crippen LogP contribution in [-0.2, 0) is 14.3 Å². The zero-order valence-corrected chi connectivity index (χ0v) is 17.0. The van der Waals surface area contributed by atoms with Crippen molar-refractivity contribution in [1.29, 1.82) is 0 Å². The van der Waals surface area contributed by atoms with E-state index >= 15 is 0 Å². The van der Waals surface area contributed by atoms with Gasteiger partial charge in [-0.3, -0.25) is 4.79 Å². The van der Waals surface area contributed by atoms with Crippen molar-refractivity contribution in [2.24, 2.45) is 0 Å². The first-order valence-electron chi connectivity index (χ1n) is 9.55. The van der Waals surface area contributed by atoms with Gasteiger partial charge in [-0.1, -0.05) is 72.3 Å². The number of hydrogen-bond donors (Lipinski definition) is 2. The molecule has 0 amide bonds. The first-order valence-corrected chi connectivity index (χ1v) is 9.93. The van der Waals surface area contributed by atoms with Gasteiger partial charge in [-0.2, -0.15) is 0 Å². The summed E-state index contributed by atoms with van der Waals surface area (Å²) in [5, 5.41) is 11.6. The second-order valence-corrected chi connectivity index (χ2v) is 7.33. The van der Waals surface area contributed by atoms with Crippen LogP contribution in [0.25, 0.3) is 16.7 Å². The second kappa shape index (κ2) is 8.90. The molecule has 0 aliphatic heterocycles. The fourth-order valence-electron chi connectivity index (χ4n) is 3.31. The molecule has 0 unspecified atom stereocenters. The van der Waals surface area contributed by atoms with Crippen molar-refractivity contribution in [3.05, 3.63) is 113 Å². The monoisotopic (exact) mass is 431 g/mol. The molecule has 0 aliphatic carbocycles. The molecule has 0 fully saturated rings. The van der Waals surface area contributed by atoms with E-state index in [0.717, 1.165) is 22.7 Å². The topological polar surface area (TPSA) is 79.4 Å². The van der Waals surface area contributed by atoms with Crippen LogP contribution in [0, 0.1) is 0 Å². The van der Waals surface area contributed by atoms with Gasteiger partial charge in [0.2, 0.25) is 0 Å². The Kier molecular flexibility index (Phi) is 5.87. The van der Waals surface area contributed by atoms with E-state index in [9.17, 15) is 14.7 Å². The minimum absolute atomic E-state index is 0.355. The minimum Gasteiger partial charge on any atom is -0.507 e. The number of carbonyl (C=O) groups is 2. The van der Waals surface area contributed by atoms with Gasteiger partial charge in [0.05, 0.1) is 0 Å². The summed E-state index contributed by atoms with van der Waals surface area (Å²) < 4.78 is 5.54. The molecule has 4 rings (SSSR count). The molecule has 154 valence electrons. The normalized spacial score (nSPS) is 11.6. The quantitative estimate of drug-likeness (QED) is 0.180. The molecule has 1 aromatic heterocycles. The number of fused-ring (bicyclic) bond motifs is 1. The predicted octanol–water partition coefficient (Wildman–Crippen LogP) is 5.62. The minimum atomic E-state index is -1.07. The molecule has 0 spiro atoms. The molecule has 0 saturated heterocycles. The number of rotatable bonds is 6. The predicted molar refractivity (Wildman–Crippen MR) is 120 cm³/mol. The van der Waals surface area contributed by atoms with Crippen molar-refractivity contribution in [3.8, 4) is 0 Å². The van der Waals surface area contributed by atoms with Crippen LogP contribution in [0.1, 0.15) is 22.8 Å². The van der Waals surface area contributed by atoms with E-state index in [4.69, 9.17) is 16.3 Å². The van der Waals surface area contributed by atoms with Crippen molar-refractivity contribution in [3.63, 3.8) is 0 Å². The molecule has 4 aromatic rings. The highest BCUT2D eigenvalue weighted by Gasteiger charge is 2.23. The molecule has 2 N–H and O–H groups in total. The number of ether oxygens (including phenoxy) is 1. The number of benzene rings is 3. The number of aromatic amines is 1. The molecule has 0 atom stereocenters. The van der Waals surface area contributed by atoms with Gasteiger partial charge in [0.1, 0.15) is 5.76 Å². The zero-order chi connectivity index (χ0) is 21.8. The third-order valence-electron chi connectivity index (χ3n) is 4.82. The number of aromatic nitrogens is 1. The first-order chi connectivity index (χ1) is 15.0. The van der Waals surface area contributed by atoms with Crippen molar-refractivity contribution < 1.29 is 19.4 Å². The molecule has 1 heterocycles. The fourth-order valence-corrected chi connectivity index (χ4v) is 3.49. The van der Waals surface area contributed by atoms with Crippen LogP contribution in [-0.4, -0.2) is 21.8 Å². The molecule has 0 aliphatic rings.